The summed E-state index contributed by atoms with van der Waals surface area (Å²) in [6.07, 6.45) is 0. The third-order valence-corrected chi connectivity index (χ3v) is 0.681. The zero-order valence-electron chi connectivity index (χ0n) is 5.07. The summed E-state index contributed by atoms with van der Waals surface area (Å²) in [5, 5.41) is 2.38. The molecule has 0 bridgehead atoms. The molecule has 0 saturated carbocycles. The van der Waals surface area contributed by atoms with Crippen molar-refractivity contribution in [3.05, 3.63) is 0 Å². The molecule has 0 heterocycles. The van der Waals surface area contributed by atoms with Gasteiger partial charge in [-0.25, -0.2) is 4.39 Å². The lowest BCUT2D eigenvalue weighted by molar-refractivity contribution is -0.119. The lowest BCUT2D eigenvalue weighted by Gasteiger charge is -2.04. The quantitative estimate of drug-likeness (QED) is 0.562. The van der Waals surface area contributed by atoms with Crippen LogP contribution in [0.15, 0.2) is 0 Å². The lowest BCUT2D eigenvalue weighted by atomic mass is 10.4. The smallest absolute Gasteiger partial charge is 0.217 e. The van der Waals surface area contributed by atoms with Crippen LogP contribution in [0, 0.1) is 0 Å². The van der Waals surface area contributed by atoms with Crippen molar-refractivity contribution in [1.82, 2.24) is 5.32 Å². The van der Waals surface area contributed by atoms with Gasteiger partial charge in [0.25, 0.3) is 0 Å². The minimum atomic E-state index is -0.500. The first-order chi connectivity index (χ1) is 3.66. The number of alkyl halides is 1. The van der Waals surface area contributed by atoms with E-state index in [4.69, 9.17) is 0 Å². The first kappa shape index (κ1) is 7.40. The first-order valence-corrected chi connectivity index (χ1v) is 2.50. The molecule has 0 rings (SSSR count). The summed E-state index contributed by atoms with van der Waals surface area (Å²) in [4.78, 5) is 10.1. The summed E-state index contributed by atoms with van der Waals surface area (Å²) in [5.41, 5.74) is 0. The van der Waals surface area contributed by atoms with Gasteiger partial charge in [-0.2, -0.15) is 0 Å². The van der Waals surface area contributed by atoms with E-state index in [-0.39, 0.29) is 11.9 Å². The molecule has 0 aromatic carbocycles. The molecule has 0 radical (unpaired) electrons. The molecule has 1 amide bonds. The Bertz CT molecular complexity index is 84.5. The van der Waals surface area contributed by atoms with Gasteiger partial charge in [-0.15, -0.1) is 0 Å². The van der Waals surface area contributed by atoms with E-state index in [1.807, 2.05) is 0 Å². The monoisotopic (exact) mass is 119 g/mol. The summed E-state index contributed by atoms with van der Waals surface area (Å²) >= 11 is 0. The Morgan fingerprint density at radius 1 is 1.88 bits per heavy atom. The summed E-state index contributed by atoms with van der Waals surface area (Å²) in [6.45, 7) is 2.48. The SMILES string of the molecule is CC(=O)NC(C)CF. The number of carbonyl (C=O) groups is 1. The molecule has 1 atom stereocenters. The fourth-order valence-electron chi connectivity index (χ4n) is 0.386. The van der Waals surface area contributed by atoms with Crippen LogP contribution in [0.4, 0.5) is 4.39 Å². The van der Waals surface area contributed by atoms with Crippen molar-refractivity contribution in [3.8, 4) is 0 Å². The lowest BCUT2D eigenvalue weighted by Crippen LogP contribution is -2.31. The molecule has 48 valence electrons. The maximum Gasteiger partial charge on any atom is 0.217 e. The van der Waals surface area contributed by atoms with E-state index in [1.54, 1.807) is 6.92 Å². The van der Waals surface area contributed by atoms with Crippen LogP contribution < -0.4 is 5.32 Å². The van der Waals surface area contributed by atoms with E-state index in [9.17, 15) is 9.18 Å². The van der Waals surface area contributed by atoms with E-state index in [2.05, 4.69) is 5.32 Å². The van der Waals surface area contributed by atoms with E-state index in [0.29, 0.717) is 0 Å². The van der Waals surface area contributed by atoms with E-state index in [0.717, 1.165) is 0 Å². The predicted molar refractivity (Wildman–Crippen MR) is 29.3 cm³/mol. The van der Waals surface area contributed by atoms with Crippen LogP contribution in [-0.4, -0.2) is 18.6 Å². The van der Waals surface area contributed by atoms with Crippen LogP contribution in [-0.2, 0) is 4.79 Å². The third-order valence-electron chi connectivity index (χ3n) is 0.681. The fraction of sp³-hybridized carbons (Fsp3) is 0.800. The second kappa shape index (κ2) is 3.41. The molecule has 2 nitrogen and oxygen atoms in total. The highest BCUT2D eigenvalue weighted by molar-refractivity contribution is 5.73. The second-order valence-corrected chi connectivity index (χ2v) is 1.76. The van der Waals surface area contributed by atoms with Crippen molar-refractivity contribution < 1.29 is 9.18 Å². The van der Waals surface area contributed by atoms with Gasteiger partial charge in [-0.3, -0.25) is 4.79 Å². The molecule has 0 aromatic rings. The molecule has 1 N–H and O–H groups in total. The summed E-state index contributed by atoms with van der Waals surface area (Å²) in [7, 11) is 0. The van der Waals surface area contributed by atoms with Gasteiger partial charge >= 0.3 is 0 Å². The summed E-state index contributed by atoms with van der Waals surface area (Å²) < 4.78 is 11.5. The number of rotatable bonds is 2. The number of nitrogens with one attached hydrogen (secondary N) is 1. The highest BCUT2D eigenvalue weighted by Gasteiger charge is 1.99. The number of amides is 1. The van der Waals surface area contributed by atoms with Crippen molar-refractivity contribution in [2.45, 2.75) is 19.9 Å². The Morgan fingerprint density at radius 2 is 2.38 bits per heavy atom. The Balaban J connectivity index is 3.24. The minimum Gasteiger partial charge on any atom is -0.351 e. The molecule has 3 heteroatoms. The Morgan fingerprint density at radius 3 is 2.50 bits per heavy atom. The zero-order chi connectivity index (χ0) is 6.57. The molecule has 0 spiro atoms. The second-order valence-electron chi connectivity index (χ2n) is 1.76. The van der Waals surface area contributed by atoms with Crippen LogP contribution in [0.3, 0.4) is 0 Å². The molecule has 0 fully saturated rings. The van der Waals surface area contributed by atoms with Crippen LogP contribution in [0.25, 0.3) is 0 Å². The minimum absolute atomic E-state index is 0.185. The third kappa shape index (κ3) is 3.59. The van der Waals surface area contributed by atoms with Gasteiger partial charge in [0.1, 0.15) is 6.67 Å². The zero-order valence-corrected chi connectivity index (χ0v) is 5.07. The molecule has 0 aromatic heterocycles. The average molecular weight is 119 g/mol. The standard InChI is InChI=1S/C5H10FNO/c1-4(3-6)7-5(2)8/h4H,3H2,1-2H3,(H,7,8). The van der Waals surface area contributed by atoms with Gasteiger partial charge in [-0.05, 0) is 6.92 Å². The van der Waals surface area contributed by atoms with Crippen LogP contribution in [0.5, 0.6) is 0 Å². The van der Waals surface area contributed by atoms with Gasteiger partial charge in [0.15, 0.2) is 0 Å². The normalized spacial score (nSPS) is 12.9. The van der Waals surface area contributed by atoms with Crippen molar-refractivity contribution in [2.24, 2.45) is 0 Å². The van der Waals surface area contributed by atoms with Crippen molar-refractivity contribution in [3.63, 3.8) is 0 Å². The summed E-state index contributed by atoms with van der Waals surface area (Å²) in [5.74, 6) is -0.185. The number of hydrogen-bond donors (Lipinski definition) is 1. The predicted octanol–water partition coefficient (Wildman–Crippen LogP) is 0.481. The molecular weight excluding hydrogens is 109 g/mol. The highest BCUT2D eigenvalue weighted by atomic mass is 19.1. The first-order valence-electron chi connectivity index (χ1n) is 2.50. The average Bonchev–Trinajstić information content (AvgIpc) is 1.65. The highest BCUT2D eigenvalue weighted by Crippen LogP contribution is 1.79. The molecule has 0 aliphatic rings. The molecule has 0 aliphatic heterocycles. The Labute approximate surface area is 48.1 Å². The number of carbonyl (C=O) groups excluding carboxylic acids is 1. The molecule has 0 aliphatic carbocycles. The summed E-state index contributed by atoms with van der Waals surface area (Å²) in [6, 6.07) is -0.340. The van der Waals surface area contributed by atoms with Crippen LogP contribution >= 0.6 is 0 Å². The maximum absolute atomic E-state index is 11.5. The largest absolute Gasteiger partial charge is 0.351 e. The Hall–Kier alpha value is -0.600. The Kier molecular flexibility index (Phi) is 3.15. The molecule has 1 unspecified atom stereocenters. The van der Waals surface area contributed by atoms with Gasteiger partial charge in [0.2, 0.25) is 5.91 Å². The molecular formula is C5H10FNO. The van der Waals surface area contributed by atoms with Crippen molar-refractivity contribution >= 4 is 5.91 Å². The number of hydrogen-bond acceptors (Lipinski definition) is 1. The maximum atomic E-state index is 11.5. The van der Waals surface area contributed by atoms with Crippen molar-refractivity contribution in [1.29, 1.82) is 0 Å². The van der Waals surface area contributed by atoms with Gasteiger partial charge < -0.3 is 5.32 Å². The topological polar surface area (TPSA) is 29.1 Å². The molecule has 0 saturated heterocycles. The van der Waals surface area contributed by atoms with Crippen LogP contribution in [0.1, 0.15) is 13.8 Å². The van der Waals surface area contributed by atoms with E-state index >= 15 is 0 Å². The number of halogens is 1. The van der Waals surface area contributed by atoms with Gasteiger partial charge in [0.05, 0.1) is 6.04 Å². The van der Waals surface area contributed by atoms with E-state index < -0.39 is 6.67 Å². The van der Waals surface area contributed by atoms with Gasteiger partial charge in [0, 0.05) is 6.92 Å². The van der Waals surface area contributed by atoms with E-state index in [1.165, 1.54) is 6.92 Å². The molecule has 8 heavy (non-hydrogen) atoms. The van der Waals surface area contributed by atoms with Gasteiger partial charge in [-0.1, -0.05) is 0 Å². The van der Waals surface area contributed by atoms with Crippen LogP contribution in [0.2, 0.25) is 0 Å². The van der Waals surface area contributed by atoms with Crippen molar-refractivity contribution in [2.75, 3.05) is 6.67 Å². The fourth-order valence-corrected chi connectivity index (χ4v) is 0.386.